The number of sulfone groups is 1. The lowest BCUT2D eigenvalue weighted by molar-refractivity contribution is -0.115. The van der Waals surface area contributed by atoms with Gasteiger partial charge in [0.15, 0.2) is 0 Å². The number of Topliss-reactive ketones (excluding diaryl/α,β-unsaturated/α-hetero) is 3. The first kappa shape index (κ1) is 25.0. The first-order valence-corrected chi connectivity index (χ1v) is 7.06. The summed E-state index contributed by atoms with van der Waals surface area (Å²) >= 11 is 0. The smallest absolute Gasteiger partial charge is 0.144 e. The minimum atomic E-state index is -2.67. The second-order valence-electron chi connectivity index (χ2n) is 3.87. The van der Waals surface area contributed by atoms with Gasteiger partial charge in [0.2, 0.25) is 0 Å². The minimum Gasteiger partial charge on any atom is -0.300 e. The van der Waals surface area contributed by atoms with E-state index >= 15 is 0 Å². The van der Waals surface area contributed by atoms with Crippen molar-refractivity contribution in [3.8, 4) is 0 Å². The highest BCUT2D eigenvalue weighted by molar-refractivity contribution is 7.89. The van der Waals surface area contributed by atoms with E-state index in [9.17, 15) is 22.8 Å². The Bertz CT molecular complexity index is 266. The van der Waals surface area contributed by atoms with Crippen LogP contribution in [0.5, 0.6) is 0 Å². The van der Waals surface area contributed by atoms with Gasteiger partial charge in [-0.15, -0.1) is 0 Å². The van der Waals surface area contributed by atoms with Crippen LogP contribution in [0.1, 0.15) is 41.5 Å². The van der Waals surface area contributed by atoms with Crippen molar-refractivity contribution in [3.63, 3.8) is 0 Å². The van der Waals surface area contributed by atoms with Crippen molar-refractivity contribution < 1.29 is 22.8 Å². The fourth-order valence-electron chi connectivity index (χ4n) is 0. The fourth-order valence-corrected chi connectivity index (χ4v) is 0. The van der Waals surface area contributed by atoms with E-state index in [0.717, 1.165) is 12.5 Å². The van der Waals surface area contributed by atoms with Crippen molar-refractivity contribution in [3.05, 3.63) is 0 Å². The van der Waals surface area contributed by atoms with E-state index in [1.54, 1.807) is 0 Å². The second-order valence-corrected chi connectivity index (χ2v) is 6.15. The molecule has 0 saturated heterocycles. The molecule has 0 rings (SSSR count). The molecule has 0 aromatic rings. The largest absolute Gasteiger partial charge is 0.300 e. The summed E-state index contributed by atoms with van der Waals surface area (Å²) in [5.74, 6) is 0.500. The van der Waals surface area contributed by atoms with Crippen molar-refractivity contribution in [2.45, 2.75) is 41.5 Å². The molecule has 0 amide bonds. The molecular formula is C11H24O5S. The van der Waals surface area contributed by atoms with Crippen LogP contribution in [-0.4, -0.2) is 38.3 Å². The van der Waals surface area contributed by atoms with Gasteiger partial charge in [0.1, 0.15) is 27.2 Å². The molecule has 0 aliphatic heterocycles. The number of carbonyl (C=O) groups is 3. The van der Waals surface area contributed by atoms with Crippen LogP contribution in [0.4, 0.5) is 0 Å². The average Bonchev–Trinajstić information content (AvgIpc) is 1.73. The molecule has 0 bridgehead atoms. The molecule has 104 valence electrons. The summed E-state index contributed by atoms with van der Waals surface area (Å²) in [5.41, 5.74) is 0. The van der Waals surface area contributed by atoms with Crippen LogP contribution in [0, 0.1) is 0 Å². The number of carbonyl (C=O) groups excluding carboxylic acids is 3. The number of hydrogen-bond donors (Lipinski definition) is 0. The van der Waals surface area contributed by atoms with Crippen LogP contribution in [0.3, 0.4) is 0 Å². The van der Waals surface area contributed by atoms with Gasteiger partial charge < -0.3 is 14.4 Å². The molecule has 0 aliphatic rings. The highest BCUT2D eigenvalue weighted by Crippen LogP contribution is 1.61. The summed E-state index contributed by atoms with van der Waals surface area (Å²) < 4.78 is 19.3. The Morgan fingerprint density at radius 2 is 0.588 bits per heavy atom. The van der Waals surface area contributed by atoms with Gasteiger partial charge in [-0.1, -0.05) is 0 Å². The van der Waals surface area contributed by atoms with E-state index in [1.807, 2.05) is 0 Å². The molecule has 0 atom stereocenters. The molecule has 5 nitrogen and oxygen atoms in total. The molecule has 0 saturated carbocycles. The Morgan fingerprint density at radius 1 is 0.588 bits per heavy atom. The van der Waals surface area contributed by atoms with Crippen LogP contribution < -0.4 is 0 Å². The van der Waals surface area contributed by atoms with E-state index in [0.29, 0.717) is 0 Å². The molecule has 0 N–H and O–H groups in total. The maximum absolute atomic E-state index is 9.63. The number of hydrogen-bond acceptors (Lipinski definition) is 5. The SMILES string of the molecule is CC(C)=O.CC(C)=O.CC(C)=O.CS(C)(=O)=O. The van der Waals surface area contributed by atoms with Crippen molar-refractivity contribution in [1.29, 1.82) is 0 Å². The molecule has 0 fully saturated rings. The predicted octanol–water partition coefficient (Wildman–Crippen LogP) is 1.45. The third kappa shape index (κ3) is 2320. The van der Waals surface area contributed by atoms with E-state index < -0.39 is 9.84 Å². The Labute approximate surface area is 105 Å². The Balaban J connectivity index is -0.0000000667. The zero-order chi connectivity index (χ0) is 15.2. The Hall–Kier alpha value is -1.04. The molecule has 0 aromatic heterocycles. The van der Waals surface area contributed by atoms with Crippen LogP contribution >= 0.6 is 0 Å². The van der Waals surface area contributed by atoms with Gasteiger partial charge in [0, 0.05) is 12.5 Å². The molecule has 0 aliphatic carbocycles. The van der Waals surface area contributed by atoms with Crippen LogP contribution in [-0.2, 0) is 24.2 Å². The zero-order valence-electron chi connectivity index (χ0n) is 11.9. The van der Waals surface area contributed by atoms with Gasteiger partial charge in [0.25, 0.3) is 0 Å². The molecule has 0 spiro atoms. The van der Waals surface area contributed by atoms with Gasteiger partial charge in [-0.05, 0) is 41.5 Å². The highest BCUT2D eigenvalue weighted by atomic mass is 32.2. The van der Waals surface area contributed by atoms with E-state index in [4.69, 9.17) is 0 Å². The third-order valence-electron chi connectivity index (χ3n) is 0. The summed E-state index contributed by atoms with van der Waals surface area (Å²) in [6.07, 6.45) is 2.32. The molecule has 0 radical (unpaired) electrons. The van der Waals surface area contributed by atoms with Crippen molar-refractivity contribution >= 4 is 27.2 Å². The maximum Gasteiger partial charge on any atom is 0.144 e. The van der Waals surface area contributed by atoms with Gasteiger partial charge in [0.05, 0.1) is 0 Å². The predicted molar refractivity (Wildman–Crippen MR) is 69.8 cm³/mol. The molecular weight excluding hydrogens is 244 g/mol. The summed E-state index contributed by atoms with van der Waals surface area (Å²) in [5, 5.41) is 0. The molecule has 0 heterocycles. The van der Waals surface area contributed by atoms with Crippen LogP contribution in [0.25, 0.3) is 0 Å². The lowest BCUT2D eigenvalue weighted by Crippen LogP contribution is -1.86. The zero-order valence-corrected chi connectivity index (χ0v) is 12.8. The lowest BCUT2D eigenvalue weighted by Gasteiger charge is -1.69. The topological polar surface area (TPSA) is 85.3 Å². The van der Waals surface area contributed by atoms with Gasteiger partial charge in [-0.25, -0.2) is 8.42 Å². The Morgan fingerprint density at radius 3 is 0.588 bits per heavy atom. The Kier molecular flexibility index (Phi) is 22.0. The fraction of sp³-hybridized carbons (Fsp3) is 0.727. The standard InChI is InChI=1S/3C3H6O.C2H6O2S/c3*1-3(2)4;1-5(2,3)4/h3*1-2H3;1-2H3. The summed E-state index contributed by atoms with van der Waals surface area (Å²) in [6, 6.07) is 0. The first-order valence-electron chi connectivity index (χ1n) is 4.76. The summed E-state index contributed by atoms with van der Waals surface area (Å²) in [6.45, 7) is 9.17. The van der Waals surface area contributed by atoms with Crippen molar-refractivity contribution in [2.75, 3.05) is 12.5 Å². The number of ketones is 3. The van der Waals surface area contributed by atoms with E-state index in [-0.39, 0.29) is 17.3 Å². The van der Waals surface area contributed by atoms with Crippen molar-refractivity contribution in [1.82, 2.24) is 0 Å². The average molecular weight is 268 g/mol. The maximum atomic E-state index is 9.63. The third-order valence-corrected chi connectivity index (χ3v) is 0. The monoisotopic (exact) mass is 268 g/mol. The minimum absolute atomic E-state index is 0.167. The normalized spacial score (nSPS) is 8.00. The van der Waals surface area contributed by atoms with Crippen LogP contribution in [0.15, 0.2) is 0 Å². The summed E-state index contributed by atoms with van der Waals surface area (Å²) in [7, 11) is -2.67. The van der Waals surface area contributed by atoms with Crippen LogP contribution in [0.2, 0.25) is 0 Å². The van der Waals surface area contributed by atoms with Gasteiger partial charge in [-0.2, -0.15) is 0 Å². The molecule has 17 heavy (non-hydrogen) atoms. The lowest BCUT2D eigenvalue weighted by atomic mass is 10.6. The van der Waals surface area contributed by atoms with Gasteiger partial charge >= 0.3 is 0 Å². The molecule has 0 unspecified atom stereocenters. The van der Waals surface area contributed by atoms with E-state index in [2.05, 4.69) is 0 Å². The first-order chi connectivity index (χ1) is 7.20. The number of rotatable bonds is 0. The summed E-state index contributed by atoms with van der Waals surface area (Å²) in [4.78, 5) is 28.3. The van der Waals surface area contributed by atoms with Gasteiger partial charge in [-0.3, -0.25) is 0 Å². The van der Waals surface area contributed by atoms with Crippen molar-refractivity contribution in [2.24, 2.45) is 0 Å². The highest BCUT2D eigenvalue weighted by Gasteiger charge is 1.79. The molecule has 6 heteroatoms. The second kappa shape index (κ2) is 15.0. The molecule has 0 aromatic carbocycles. The van der Waals surface area contributed by atoms with E-state index in [1.165, 1.54) is 41.5 Å². The quantitative estimate of drug-likeness (QED) is 0.663.